The van der Waals surface area contributed by atoms with E-state index in [1.165, 1.54) is 35.4 Å². The van der Waals surface area contributed by atoms with Gasteiger partial charge in [-0.2, -0.15) is 0 Å². The van der Waals surface area contributed by atoms with Crippen molar-refractivity contribution in [2.45, 2.75) is 143 Å². The van der Waals surface area contributed by atoms with Gasteiger partial charge in [-0.25, -0.2) is 4.79 Å². The Labute approximate surface area is 367 Å². The lowest BCUT2D eigenvalue weighted by atomic mass is 9.92. The molecule has 4 aliphatic rings. The van der Waals surface area contributed by atoms with Gasteiger partial charge in [0.2, 0.25) is 11.8 Å². The topological polar surface area (TPSA) is 387 Å². The number of rotatable bonds is 21. The average molecular weight is 952 g/mol. The summed E-state index contributed by atoms with van der Waals surface area (Å²) in [6.45, 7) is 2.48. The quantitative estimate of drug-likeness (QED) is 0.0289. The van der Waals surface area contributed by atoms with Crippen LogP contribution in [0.5, 0.6) is 0 Å². The molecule has 20 atom stereocenters. The Morgan fingerprint density at radius 3 is 1.70 bits per heavy atom. The second-order valence-corrected chi connectivity index (χ2v) is 17.5. The maximum absolute atomic E-state index is 14.0. The Bertz CT molecular complexity index is 1510. The molecule has 0 aromatic rings. The van der Waals surface area contributed by atoms with E-state index in [-0.39, 0.29) is 18.9 Å². The van der Waals surface area contributed by atoms with Crippen molar-refractivity contribution >= 4 is 51.8 Å². The Hall–Kier alpha value is -2.59. The molecule has 26 nitrogen and oxygen atoms in total. The predicted molar refractivity (Wildman–Crippen MR) is 209 cm³/mol. The van der Waals surface area contributed by atoms with E-state index in [2.05, 4.69) is 20.7 Å². The van der Waals surface area contributed by atoms with Gasteiger partial charge in [-0.15, -0.1) is 0 Å². The number of aliphatic carboxylic acids is 1. The molecule has 0 aliphatic carbocycles. The van der Waals surface area contributed by atoms with Crippen LogP contribution in [-0.2, 0) is 66.6 Å². The van der Waals surface area contributed by atoms with Crippen molar-refractivity contribution in [3.63, 3.8) is 0 Å². The Kier molecular flexibility index (Phi) is 20.9. The number of carbonyl (C=O) groups is 5. The summed E-state index contributed by atoms with van der Waals surface area (Å²) < 4.78 is 50.3. The fourth-order valence-electron chi connectivity index (χ4n) is 7.37. The molecule has 12 N–H and O–H groups in total. The van der Waals surface area contributed by atoms with Crippen molar-refractivity contribution in [1.82, 2.24) is 16.0 Å². The molecule has 28 heteroatoms. The van der Waals surface area contributed by atoms with Gasteiger partial charge in [0.15, 0.2) is 31.1 Å². The minimum absolute atomic E-state index is 0.0270. The van der Waals surface area contributed by atoms with Crippen LogP contribution in [0, 0.1) is 0 Å². The highest BCUT2D eigenvalue weighted by Gasteiger charge is 2.57. The Morgan fingerprint density at radius 2 is 1.16 bits per heavy atom. The lowest BCUT2D eigenvalue weighted by Crippen LogP contribution is -2.71. The molecular formula is C35H57N3O23S2. The van der Waals surface area contributed by atoms with E-state index >= 15 is 0 Å². The first-order valence-corrected chi connectivity index (χ1v) is 22.1. The zero-order valence-corrected chi connectivity index (χ0v) is 36.1. The molecule has 4 rings (SSSR count). The fourth-order valence-corrected chi connectivity index (χ4v) is 9.12. The van der Waals surface area contributed by atoms with Crippen molar-refractivity contribution in [1.29, 1.82) is 0 Å². The first-order chi connectivity index (χ1) is 29.9. The summed E-state index contributed by atoms with van der Waals surface area (Å²) in [6, 6.07) is -2.84. The van der Waals surface area contributed by atoms with E-state index in [9.17, 15) is 69.9 Å². The molecule has 0 saturated carbocycles. The second-order valence-electron chi connectivity index (χ2n) is 14.8. The number of carboxylic acid groups (broad SMARTS) is 1. The van der Waals surface area contributed by atoms with Crippen LogP contribution in [-0.4, -0.2) is 244 Å². The summed E-state index contributed by atoms with van der Waals surface area (Å²) in [7, 11) is 3.69. The molecule has 362 valence electrons. The highest BCUT2D eigenvalue weighted by molar-refractivity contribution is 8.76. The maximum atomic E-state index is 14.0. The number of nitrogens with one attached hydrogen (secondary N) is 3. The normalized spacial score (nSPS) is 40.6. The molecule has 0 bridgehead atoms. The van der Waals surface area contributed by atoms with Crippen LogP contribution in [0.3, 0.4) is 0 Å². The van der Waals surface area contributed by atoms with Gasteiger partial charge < -0.3 is 105 Å². The standard InChI is InChI=1S/C35H57N3O23S2/c1-12-17(37-13(2)42)25(19(44)15(9-39)55-12)57-34-24(49)22(47)28(29(60-34)31(50)36-5-7-62-63-8-6-54-11-41)59-33-18(38-14(3)43)26(20(45)16(10-40)56-33)58-35-23(48)21(46)27(53-4)30(61-35)32(51)52/h11-12,15-30,33-35,39-40,44-49H,5-10H2,1-4H3,(H,36,50)(H,37,42)(H,38,43)(H,51,52). The third-order valence-corrected chi connectivity index (χ3v) is 12.8. The average Bonchev–Trinajstić information content (AvgIpc) is 3.23. The van der Waals surface area contributed by atoms with Crippen LogP contribution in [0.15, 0.2) is 0 Å². The monoisotopic (exact) mass is 951 g/mol. The van der Waals surface area contributed by atoms with Crippen molar-refractivity contribution in [2.24, 2.45) is 0 Å². The third kappa shape index (κ3) is 13.3. The number of amides is 3. The van der Waals surface area contributed by atoms with E-state index < -0.39 is 159 Å². The first-order valence-electron chi connectivity index (χ1n) is 19.7. The number of hydrogen-bond acceptors (Lipinski definition) is 24. The van der Waals surface area contributed by atoms with Crippen LogP contribution >= 0.6 is 21.6 Å². The maximum Gasteiger partial charge on any atom is 0.335 e. The lowest BCUT2D eigenvalue weighted by Gasteiger charge is -2.50. The van der Waals surface area contributed by atoms with Crippen molar-refractivity contribution in [2.75, 3.05) is 45.0 Å². The summed E-state index contributed by atoms with van der Waals surface area (Å²) in [5.41, 5.74) is 0. The van der Waals surface area contributed by atoms with Crippen LogP contribution in [0.1, 0.15) is 20.8 Å². The van der Waals surface area contributed by atoms with E-state index in [0.717, 1.165) is 14.0 Å². The van der Waals surface area contributed by atoms with Gasteiger partial charge >= 0.3 is 5.97 Å². The van der Waals surface area contributed by atoms with Gasteiger partial charge in [-0.3, -0.25) is 19.2 Å². The summed E-state index contributed by atoms with van der Waals surface area (Å²) in [6.07, 6.45) is -32.2. The number of carbonyl (C=O) groups excluding carboxylic acids is 4. The molecule has 4 aliphatic heterocycles. The van der Waals surface area contributed by atoms with Gasteiger partial charge in [0.05, 0.1) is 25.4 Å². The van der Waals surface area contributed by atoms with Gasteiger partial charge in [0.1, 0.15) is 85.9 Å². The van der Waals surface area contributed by atoms with Crippen LogP contribution in [0.2, 0.25) is 0 Å². The number of aliphatic hydroxyl groups is 8. The minimum Gasteiger partial charge on any atom is -0.479 e. The number of carboxylic acids is 1. The highest BCUT2D eigenvalue weighted by atomic mass is 33.1. The molecule has 0 spiro atoms. The van der Waals surface area contributed by atoms with Crippen LogP contribution in [0.4, 0.5) is 0 Å². The van der Waals surface area contributed by atoms with Gasteiger partial charge in [-0.1, -0.05) is 21.6 Å². The summed E-state index contributed by atoms with van der Waals surface area (Å²) in [5.74, 6) is -3.26. The van der Waals surface area contributed by atoms with E-state index in [4.69, 9.17) is 37.9 Å². The summed E-state index contributed by atoms with van der Waals surface area (Å²) in [4.78, 5) is 61.1. The third-order valence-electron chi connectivity index (χ3n) is 10.4. The first kappa shape index (κ1) is 53.0. The zero-order valence-electron chi connectivity index (χ0n) is 34.4. The van der Waals surface area contributed by atoms with Gasteiger partial charge in [-0.05, 0) is 6.92 Å². The van der Waals surface area contributed by atoms with Crippen molar-refractivity contribution < 1.29 is 113 Å². The number of hydrogen-bond donors (Lipinski definition) is 12. The van der Waals surface area contributed by atoms with E-state index in [0.29, 0.717) is 12.2 Å². The van der Waals surface area contributed by atoms with E-state index in [1.54, 1.807) is 0 Å². The molecule has 63 heavy (non-hydrogen) atoms. The number of ether oxygens (including phenoxy) is 9. The molecule has 0 radical (unpaired) electrons. The minimum atomic E-state index is -2.16. The van der Waals surface area contributed by atoms with Crippen molar-refractivity contribution in [3.8, 4) is 0 Å². The van der Waals surface area contributed by atoms with Gasteiger partial charge in [0.25, 0.3) is 12.4 Å². The molecule has 20 unspecified atom stereocenters. The predicted octanol–water partition coefficient (Wildman–Crippen LogP) is -6.97. The number of methoxy groups -OCH3 is 1. The van der Waals surface area contributed by atoms with Crippen molar-refractivity contribution in [3.05, 3.63) is 0 Å². The van der Waals surface area contributed by atoms with E-state index in [1.807, 2.05) is 0 Å². The molecule has 4 heterocycles. The molecule has 3 amide bonds. The molecule has 0 aromatic carbocycles. The molecule has 4 fully saturated rings. The fraction of sp³-hybridized carbons (Fsp3) is 0.857. The highest BCUT2D eigenvalue weighted by Crippen LogP contribution is 2.35. The molecule has 4 saturated heterocycles. The summed E-state index contributed by atoms with van der Waals surface area (Å²) >= 11 is 0. The Morgan fingerprint density at radius 1 is 0.651 bits per heavy atom. The molecule has 0 aromatic heterocycles. The second kappa shape index (κ2) is 24.8. The number of aliphatic hydroxyl groups excluding tert-OH is 8. The Balaban J connectivity index is 1.66. The van der Waals surface area contributed by atoms with Gasteiger partial charge in [0, 0.05) is 39.0 Å². The molecular weight excluding hydrogens is 895 g/mol. The van der Waals surface area contributed by atoms with Crippen LogP contribution < -0.4 is 16.0 Å². The van der Waals surface area contributed by atoms with Crippen LogP contribution in [0.25, 0.3) is 0 Å². The smallest absolute Gasteiger partial charge is 0.335 e. The summed E-state index contributed by atoms with van der Waals surface area (Å²) in [5, 5.41) is 105. The lowest BCUT2D eigenvalue weighted by molar-refractivity contribution is -0.365. The SMILES string of the molecule is COC1C(C(=O)O)OC(OC2C(O)C(CO)OC(OC3C(C(=O)NCCSSCCOC=O)OC(OC4C(O)C(CO)OC(C)C4NC(C)=O)C(O)C3O)C2NC(C)=O)C(O)C1O. The largest absolute Gasteiger partial charge is 0.479 e. The zero-order chi connectivity index (χ0) is 46.7.